The predicted octanol–water partition coefficient (Wildman–Crippen LogP) is 3.59. The molecule has 0 saturated carbocycles. The Morgan fingerprint density at radius 2 is 1.82 bits per heavy atom. The molecule has 0 saturated heterocycles. The first kappa shape index (κ1) is 15.9. The van der Waals surface area contributed by atoms with Crippen molar-refractivity contribution in [1.82, 2.24) is 0 Å². The largest absolute Gasteiger partial charge is 0.481 e. The van der Waals surface area contributed by atoms with Crippen molar-refractivity contribution in [3.8, 4) is 0 Å². The molecule has 0 amide bonds. The summed E-state index contributed by atoms with van der Waals surface area (Å²) in [6, 6.07) is 9.15. The third-order valence-electron chi connectivity index (χ3n) is 3.13. The van der Waals surface area contributed by atoms with Crippen molar-refractivity contribution >= 4 is 11.7 Å². The Kier molecular flexibility index (Phi) is 5.04. The van der Waals surface area contributed by atoms with Gasteiger partial charge in [-0.15, -0.1) is 0 Å². The van der Waals surface area contributed by atoms with E-state index in [4.69, 9.17) is 5.11 Å². The van der Waals surface area contributed by atoms with Crippen LogP contribution < -0.4 is 4.90 Å². The molecule has 0 aliphatic rings. The lowest BCUT2D eigenvalue weighted by molar-refractivity contribution is -0.136. The van der Waals surface area contributed by atoms with Gasteiger partial charge in [-0.1, -0.05) is 12.1 Å². The van der Waals surface area contributed by atoms with Crippen LogP contribution in [-0.4, -0.2) is 17.6 Å². The van der Waals surface area contributed by atoms with E-state index in [0.29, 0.717) is 11.3 Å². The fourth-order valence-electron chi connectivity index (χ4n) is 2.07. The first-order valence-electron chi connectivity index (χ1n) is 6.62. The molecule has 3 nitrogen and oxygen atoms in total. The molecule has 6 heteroatoms. The highest BCUT2D eigenvalue weighted by atomic mass is 19.2. The Morgan fingerprint density at radius 1 is 1.05 bits per heavy atom. The van der Waals surface area contributed by atoms with Gasteiger partial charge < -0.3 is 10.0 Å². The lowest BCUT2D eigenvalue weighted by Crippen LogP contribution is -2.26. The highest BCUT2D eigenvalue weighted by molar-refractivity contribution is 5.67. The van der Waals surface area contributed by atoms with E-state index in [-0.39, 0.29) is 19.5 Å². The molecule has 0 heterocycles. The van der Waals surface area contributed by atoms with Crippen molar-refractivity contribution in [2.75, 3.05) is 11.4 Å². The van der Waals surface area contributed by atoms with E-state index in [1.807, 2.05) is 0 Å². The smallest absolute Gasteiger partial charge is 0.305 e. The summed E-state index contributed by atoms with van der Waals surface area (Å²) in [6.07, 6.45) is -0.172. The third-order valence-corrected chi connectivity index (χ3v) is 3.13. The number of carboxylic acid groups (broad SMARTS) is 1. The summed E-state index contributed by atoms with van der Waals surface area (Å²) in [4.78, 5) is 12.3. The Hall–Kier alpha value is -2.50. The van der Waals surface area contributed by atoms with Crippen LogP contribution in [0, 0.1) is 17.5 Å². The molecule has 0 aliphatic heterocycles. The summed E-state index contributed by atoms with van der Waals surface area (Å²) >= 11 is 0. The first-order valence-corrected chi connectivity index (χ1v) is 6.62. The van der Waals surface area contributed by atoms with E-state index in [1.165, 1.54) is 24.3 Å². The van der Waals surface area contributed by atoms with Crippen molar-refractivity contribution in [2.45, 2.75) is 13.0 Å². The van der Waals surface area contributed by atoms with Gasteiger partial charge >= 0.3 is 5.97 Å². The average molecular weight is 309 g/mol. The Bertz CT molecular complexity index is 676. The number of carbonyl (C=O) groups is 1. The van der Waals surface area contributed by atoms with Crippen LogP contribution in [0.1, 0.15) is 12.0 Å². The molecule has 22 heavy (non-hydrogen) atoms. The lowest BCUT2D eigenvalue weighted by Gasteiger charge is -2.24. The Labute approximate surface area is 125 Å². The number of rotatable bonds is 6. The number of aliphatic carboxylic acids is 1. The zero-order chi connectivity index (χ0) is 16.1. The molecule has 0 aromatic heterocycles. The number of benzene rings is 2. The first-order chi connectivity index (χ1) is 10.5. The highest BCUT2D eigenvalue weighted by Crippen LogP contribution is 2.21. The second kappa shape index (κ2) is 6.98. The molecule has 0 bridgehead atoms. The Balaban J connectivity index is 2.25. The summed E-state index contributed by atoms with van der Waals surface area (Å²) in [5.41, 5.74) is 0.944. The van der Waals surface area contributed by atoms with E-state index in [9.17, 15) is 18.0 Å². The third kappa shape index (κ3) is 4.25. The van der Waals surface area contributed by atoms with Crippen molar-refractivity contribution < 1.29 is 23.1 Å². The summed E-state index contributed by atoms with van der Waals surface area (Å²) in [7, 11) is 0. The van der Waals surface area contributed by atoms with Gasteiger partial charge in [0.1, 0.15) is 5.82 Å². The van der Waals surface area contributed by atoms with Gasteiger partial charge in [-0.05, 0) is 29.8 Å². The standard InChI is InChI=1S/C16H14F3NO2/c17-12-3-1-2-11(8-12)10-20(7-6-16(21)22)13-4-5-14(18)15(19)9-13/h1-5,8-9H,6-7,10H2,(H,21,22). The average Bonchev–Trinajstić information content (AvgIpc) is 2.46. The normalized spacial score (nSPS) is 10.5. The molecule has 2 aromatic carbocycles. The number of carboxylic acids is 1. The SMILES string of the molecule is O=C(O)CCN(Cc1cccc(F)c1)c1ccc(F)c(F)c1. The number of hydrogen-bond donors (Lipinski definition) is 1. The molecule has 0 radical (unpaired) electrons. The molecule has 116 valence electrons. The molecule has 0 fully saturated rings. The van der Waals surface area contributed by atoms with Crippen molar-refractivity contribution in [3.63, 3.8) is 0 Å². The fraction of sp³-hybridized carbons (Fsp3) is 0.188. The summed E-state index contributed by atoms with van der Waals surface area (Å²) in [6.45, 7) is 0.285. The summed E-state index contributed by atoms with van der Waals surface area (Å²) < 4.78 is 39.6. The van der Waals surface area contributed by atoms with E-state index < -0.39 is 23.4 Å². The number of anilines is 1. The van der Waals surface area contributed by atoms with Gasteiger partial charge in [0.15, 0.2) is 11.6 Å². The highest BCUT2D eigenvalue weighted by Gasteiger charge is 2.12. The molecular weight excluding hydrogens is 295 g/mol. The Morgan fingerprint density at radius 3 is 2.45 bits per heavy atom. The second-order valence-corrected chi connectivity index (χ2v) is 4.79. The van der Waals surface area contributed by atoms with Gasteiger partial charge in [-0.3, -0.25) is 4.79 Å². The van der Waals surface area contributed by atoms with Crippen LogP contribution in [0.3, 0.4) is 0 Å². The van der Waals surface area contributed by atoms with E-state index in [0.717, 1.165) is 12.1 Å². The zero-order valence-electron chi connectivity index (χ0n) is 11.6. The monoisotopic (exact) mass is 309 g/mol. The minimum Gasteiger partial charge on any atom is -0.481 e. The fourth-order valence-corrected chi connectivity index (χ4v) is 2.07. The van der Waals surface area contributed by atoms with Gasteiger partial charge in [0, 0.05) is 24.8 Å². The van der Waals surface area contributed by atoms with Gasteiger partial charge in [0.2, 0.25) is 0 Å². The van der Waals surface area contributed by atoms with E-state index in [2.05, 4.69) is 0 Å². The van der Waals surface area contributed by atoms with E-state index >= 15 is 0 Å². The van der Waals surface area contributed by atoms with Gasteiger partial charge in [-0.25, -0.2) is 13.2 Å². The van der Waals surface area contributed by atoms with Crippen LogP contribution in [0.15, 0.2) is 42.5 Å². The number of nitrogens with zero attached hydrogens (tertiary/aromatic N) is 1. The quantitative estimate of drug-likeness (QED) is 0.886. The maximum atomic E-state index is 13.4. The predicted molar refractivity (Wildman–Crippen MR) is 76.1 cm³/mol. The molecule has 2 rings (SSSR count). The van der Waals surface area contributed by atoms with Gasteiger partial charge in [-0.2, -0.15) is 0 Å². The van der Waals surface area contributed by atoms with Crippen molar-refractivity contribution in [1.29, 1.82) is 0 Å². The maximum absolute atomic E-state index is 13.4. The van der Waals surface area contributed by atoms with Crippen molar-refractivity contribution in [2.24, 2.45) is 0 Å². The summed E-state index contributed by atoms with van der Waals surface area (Å²) in [5, 5.41) is 8.80. The molecular formula is C16H14F3NO2. The molecule has 0 atom stereocenters. The number of hydrogen-bond acceptors (Lipinski definition) is 2. The minimum absolute atomic E-state index is 0.0942. The van der Waals surface area contributed by atoms with Crippen LogP contribution >= 0.6 is 0 Å². The zero-order valence-corrected chi connectivity index (χ0v) is 11.6. The molecule has 0 spiro atoms. The maximum Gasteiger partial charge on any atom is 0.305 e. The van der Waals surface area contributed by atoms with Crippen LogP contribution in [0.25, 0.3) is 0 Å². The topological polar surface area (TPSA) is 40.5 Å². The molecule has 0 unspecified atom stereocenters. The number of halogens is 3. The lowest BCUT2D eigenvalue weighted by atomic mass is 10.1. The van der Waals surface area contributed by atoms with Gasteiger partial charge in [0.05, 0.1) is 6.42 Å². The second-order valence-electron chi connectivity index (χ2n) is 4.79. The van der Waals surface area contributed by atoms with Gasteiger partial charge in [0.25, 0.3) is 0 Å². The summed E-state index contributed by atoms with van der Waals surface area (Å²) in [5.74, 6) is -3.42. The van der Waals surface area contributed by atoms with Crippen LogP contribution in [-0.2, 0) is 11.3 Å². The molecule has 0 aliphatic carbocycles. The van der Waals surface area contributed by atoms with Crippen LogP contribution in [0.4, 0.5) is 18.9 Å². The molecule has 2 aromatic rings. The van der Waals surface area contributed by atoms with E-state index in [1.54, 1.807) is 11.0 Å². The molecule has 1 N–H and O–H groups in total. The minimum atomic E-state index is -1.02. The van der Waals surface area contributed by atoms with Crippen LogP contribution in [0.2, 0.25) is 0 Å². The van der Waals surface area contributed by atoms with Crippen molar-refractivity contribution in [3.05, 3.63) is 65.5 Å². The van der Waals surface area contributed by atoms with Crippen LogP contribution in [0.5, 0.6) is 0 Å².